The van der Waals surface area contributed by atoms with Crippen LogP contribution in [-0.4, -0.2) is 48.5 Å². The fourth-order valence-electron chi connectivity index (χ4n) is 5.74. The zero-order valence-electron chi connectivity index (χ0n) is 19.1. The molecule has 4 atom stereocenters. The molecule has 0 bridgehead atoms. The van der Waals surface area contributed by atoms with E-state index in [9.17, 15) is 26.7 Å². The Morgan fingerprint density at radius 3 is 2.58 bits per heavy atom. The largest absolute Gasteiger partial charge is 0.484 e. The molecule has 3 heterocycles. The topological polar surface area (TPSA) is 76.8 Å². The quantitative estimate of drug-likeness (QED) is 0.540. The number of hydrogen-bond acceptors (Lipinski definition) is 6. The molecule has 7 nitrogen and oxygen atoms in total. The number of benzene rings is 1. The number of rotatable bonds is 6. The summed E-state index contributed by atoms with van der Waals surface area (Å²) >= 11 is 0. The lowest BCUT2D eigenvalue weighted by molar-refractivity contribution is -0.130. The summed E-state index contributed by atoms with van der Waals surface area (Å²) < 4.78 is 85.4. The lowest BCUT2D eigenvalue weighted by atomic mass is 10.1. The Hall–Kier alpha value is -2.89. The summed E-state index contributed by atoms with van der Waals surface area (Å²) in [6, 6.07) is 1.54. The first kappa shape index (κ1) is 23.5. The van der Waals surface area contributed by atoms with Crippen LogP contribution in [0.5, 0.6) is 5.75 Å². The number of ether oxygens (including phenoxy) is 2. The van der Waals surface area contributed by atoms with E-state index in [0.29, 0.717) is 37.8 Å². The third-order valence-corrected chi connectivity index (χ3v) is 7.48. The molecule has 0 spiro atoms. The Morgan fingerprint density at radius 1 is 1.17 bits per heavy atom. The fourth-order valence-corrected chi connectivity index (χ4v) is 5.74. The average Bonchev–Trinajstić information content (AvgIpc) is 3.24. The number of hydrogen-bond donors (Lipinski definition) is 1. The van der Waals surface area contributed by atoms with Gasteiger partial charge in [0.15, 0.2) is 23.1 Å². The van der Waals surface area contributed by atoms with E-state index in [4.69, 9.17) is 13.9 Å². The van der Waals surface area contributed by atoms with Crippen LogP contribution >= 0.6 is 0 Å². The maximum absolute atomic E-state index is 14.6. The summed E-state index contributed by atoms with van der Waals surface area (Å²) in [5.74, 6) is -3.15. The molecule has 2 aliphatic carbocycles. The van der Waals surface area contributed by atoms with Crippen molar-refractivity contribution < 1.29 is 42.1 Å². The Balaban J connectivity index is 0.00000280. The zero-order valence-corrected chi connectivity index (χ0v) is 19.1. The summed E-state index contributed by atoms with van der Waals surface area (Å²) in [5.41, 5.74) is -0.861. The van der Waals surface area contributed by atoms with E-state index in [-0.39, 0.29) is 31.4 Å². The van der Waals surface area contributed by atoms with Crippen LogP contribution in [0.15, 0.2) is 16.5 Å². The number of amides is 1. The van der Waals surface area contributed by atoms with E-state index in [0.717, 1.165) is 31.4 Å². The number of alkyl halides is 3. The van der Waals surface area contributed by atoms with Crippen molar-refractivity contribution in [1.82, 2.24) is 4.98 Å². The molecule has 2 aromatic rings. The second-order valence-corrected chi connectivity index (χ2v) is 10.00. The number of anilines is 2. The maximum atomic E-state index is 14.6. The van der Waals surface area contributed by atoms with Gasteiger partial charge in [-0.2, -0.15) is 18.2 Å². The van der Waals surface area contributed by atoms with Crippen LogP contribution in [0.3, 0.4) is 0 Å². The number of oxazole rings is 1. The molecule has 2 aliphatic heterocycles. The van der Waals surface area contributed by atoms with Crippen molar-refractivity contribution in [1.29, 1.82) is 0 Å². The number of carbonyl (C=O) groups is 1. The van der Waals surface area contributed by atoms with Crippen molar-refractivity contribution in [3.63, 3.8) is 0 Å². The summed E-state index contributed by atoms with van der Waals surface area (Å²) in [4.78, 5) is 18.6. The highest BCUT2D eigenvalue weighted by Gasteiger charge is 2.47. The smallest absolute Gasteiger partial charge is 0.396 e. The Kier molecular flexibility index (Phi) is 5.62. The van der Waals surface area contributed by atoms with Gasteiger partial charge in [-0.15, -0.1) is 0 Å². The Bertz CT molecular complexity index is 1160. The lowest BCUT2D eigenvalue weighted by Crippen LogP contribution is -2.32. The van der Waals surface area contributed by atoms with Crippen molar-refractivity contribution >= 4 is 17.6 Å². The van der Waals surface area contributed by atoms with E-state index in [1.807, 2.05) is 0 Å². The monoisotopic (exact) mass is 515 g/mol. The van der Waals surface area contributed by atoms with Gasteiger partial charge >= 0.3 is 6.18 Å². The van der Waals surface area contributed by atoms with Crippen LogP contribution < -0.4 is 15.0 Å². The van der Waals surface area contributed by atoms with Crippen LogP contribution in [-0.2, 0) is 11.2 Å². The van der Waals surface area contributed by atoms with Gasteiger partial charge in [0.2, 0.25) is 0 Å². The lowest BCUT2D eigenvalue weighted by Gasteiger charge is -2.20. The minimum Gasteiger partial charge on any atom is -0.484 e. The maximum Gasteiger partial charge on any atom is 0.396 e. The number of nitrogens with zero attached hydrogens (tertiary/aromatic N) is 2. The summed E-state index contributed by atoms with van der Waals surface area (Å²) in [5, 5.41) is 2.24. The molecule has 0 radical (unpaired) electrons. The van der Waals surface area contributed by atoms with E-state index < -0.39 is 47.3 Å². The van der Waals surface area contributed by atoms with Crippen molar-refractivity contribution in [3.8, 4) is 5.75 Å². The number of halogens is 5. The van der Waals surface area contributed by atoms with Crippen molar-refractivity contribution in [2.75, 3.05) is 23.4 Å². The molecule has 1 aromatic carbocycles. The molecule has 1 amide bonds. The first-order valence-electron chi connectivity index (χ1n) is 12.1. The summed E-state index contributed by atoms with van der Waals surface area (Å²) in [7, 11) is 0. The number of carbonyl (C=O) groups excluding carboxylic acids is 1. The summed E-state index contributed by atoms with van der Waals surface area (Å²) in [6.45, 7) is 0.983. The van der Waals surface area contributed by atoms with Crippen molar-refractivity contribution in [3.05, 3.63) is 35.2 Å². The third-order valence-electron chi connectivity index (χ3n) is 7.48. The predicted octanol–water partition coefficient (Wildman–Crippen LogP) is 5.10. The van der Waals surface area contributed by atoms with Gasteiger partial charge in [-0.05, 0) is 43.9 Å². The van der Waals surface area contributed by atoms with E-state index in [2.05, 4.69) is 10.3 Å². The molecule has 1 N–H and O–H groups in total. The number of nitrogens with one attached hydrogen (secondary N) is 1. The van der Waals surface area contributed by atoms with Gasteiger partial charge in [0.05, 0.1) is 18.2 Å². The van der Waals surface area contributed by atoms with E-state index >= 15 is 0 Å². The standard InChI is InChI=1S/C24H24F5N3O4.H2/c25-15-8-13(9-16(26)21(15)35-14-6-11-5-12(11)7-14)30-22(33)20-19(10-24(27,28)29)36-23(31-20)32-3-1-18-17(32)2-4-34-18;/h8-9,11-12,14,17-18H,1-7,10H2,(H,30,33);1H. The first-order chi connectivity index (χ1) is 17.1. The van der Waals surface area contributed by atoms with Gasteiger partial charge in [0.1, 0.15) is 12.2 Å². The van der Waals surface area contributed by atoms with Gasteiger partial charge in [-0.1, -0.05) is 0 Å². The molecule has 4 unspecified atom stereocenters. The number of aromatic nitrogens is 1. The van der Waals surface area contributed by atoms with Gasteiger partial charge in [-0.25, -0.2) is 8.78 Å². The van der Waals surface area contributed by atoms with Crippen molar-refractivity contribution in [2.45, 2.75) is 63.0 Å². The van der Waals surface area contributed by atoms with Gasteiger partial charge in [0, 0.05) is 32.4 Å². The minimum absolute atomic E-state index is 0. The Labute approximate surface area is 204 Å². The highest BCUT2D eigenvalue weighted by molar-refractivity contribution is 6.03. The van der Waals surface area contributed by atoms with E-state index in [1.165, 1.54) is 0 Å². The summed E-state index contributed by atoms with van der Waals surface area (Å²) in [6.07, 6.45) is -2.53. The molecule has 196 valence electrons. The van der Waals surface area contributed by atoms with Crippen LogP contribution in [0, 0.1) is 23.5 Å². The second kappa shape index (κ2) is 8.60. The van der Waals surface area contributed by atoms with E-state index in [1.54, 1.807) is 4.90 Å². The highest BCUT2D eigenvalue weighted by atomic mass is 19.4. The van der Waals surface area contributed by atoms with Crippen LogP contribution in [0.4, 0.5) is 33.7 Å². The van der Waals surface area contributed by atoms with Crippen molar-refractivity contribution in [2.24, 2.45) is 11.8 Å². The molecule has 1 aromatic heterocycles. The first-order valence-corrected chi connectivity index (χ1v) is 12.1. The third kappa shape index (κ3) is 4.51. The van der Waals surface area contributed by atoms with Crippen LogP contribution in [0.2, 0.25) is 0 Å². The Morgan fingerprint density at radius 2 is 1.89 bits per heavy atom. The molecule has 6 rings (SSSR count). The molecular weight excluding hydrogens is 489 g/mol. The van der Waals surface area contributed by atoms with Gasteiger partial charge in [-0.3, -0.25) is 4.79 Å². The second-order valence-electron chi connectivity index (χ2n) is 10.00. The molecule has 4 fully saturated rings. The molecule has 2 saturated carbocycles. The molecule has 36 heavy (non-hydrogen) atoms. The normalized spacial score (nSPS) is 28.8. The SMILES string of the molecule is O=C(Nc1cc(F)c(OC2CC3CC3C2)c(F)c1)c1nc(N2CCC3OCCC32)oc1CC(F)(F)F.[HH]. The zero-order chi connectivity index (χ0) is 25.2. The van der Waals surface area contributed by atoms with Crippen LogP contribution in [0.25, 0.3) is 0 Å². The molecule has 4 aliphatic rings. The van der Waals surface area contributed by atoms with Gasteiger partial charge < -0.3 is 24.1 Å². The fraction of sp³-hybridized carbons (Fsp3) is 0.583. The van der Waals surface area contributed by atoms with Gasteiger partial charge in [0.25, 0.3) is 11.9 Å². The molecule has 12 heteroatoms. The van der Waals surface area contributed by atoms with Crippen LogP contribution in [0.1, 0.15) is 49.8 Å². The number of fused-ring (bicyclic) bond motifs is 2. The average molecular weight is 515 g/mol. The molecule has 2 saturated heterocycles. The molecular formula is C24H26F5N3O4. The predicted molar refractivity (Wildman–Crippen MR) is 118 cm³/mol. The minimum atomic E-state index is -4.66. The highest BCUT2D eigenvalue weighted by Crippen LogP contribution is 2.52.